The van der Waals surface area contributed by atoms with Gasteiger partial charge in [-0.3, -0.25) is 5.32 Å². The lowest BCUT2D eigenvalue weighted by atomic mass is 10.0. The fraction of sp³-hybridized carbons (Fsp3) is 0.0435. The van der Waals surface area contributed by atoms with Crippen molar-refractivity contribution in [2.45, 2.75) is 0 Å². The Morgan fingerprint density at radius 3 is 2.37 bits per heavy atom. The summed E-state index contributed by atoms with van der Waals surface area (Å²) in [5.41, 5.74) is 4.13. The summed E-state index contributed by atoms with van der Waals surface area (Å²) in [5.74, 6) is 0.624. The van der Waals surface area contributed by atoms with Gasteiger partial charge in [0, 0.05) is 11.8 Å². The average Bonchev–Trinajstić information content (AvgIpc) is 2.79. The molecule has 30 heavy (non-hydrogen) atoms. The molecule has 0 heterocycles. The van der Waals surface area contributed by atoms with Crippen molar-refractivity contribution >= 4 is 17.3 Å². The lowest BCUT2D eigenvalue weighted by molar-refractivity contribution is 0.413. The van der Waals surface area contributed by atoms with Gasteiger partial charge in [-0.25, -0.2) is 4.99 Å². The largest absolute Gasteiger partial charge is 0.495 e. The molecular weight excluding hydrogens is 376 g/mol. The third kappa shape index (κ3) is 4.72. The molecule has 0 aliphatic heterocycles. The van der Waals surface area contributed by atoms with Crippen molar-refractivity contribution in [3.63, 3.8) is 0 Å². The molecule has 3 aromatic carbocycles. The quantitative estimate of drug-likeness (QED) is 0.296. The number of rotatable bonds is 4. The number of hydrogen-bond donors (Lipinski definition) is 2. The van der Waals surface area contributed by atoms with Crippen molar-refractivity contribution in [2.24, 2.45) is 4.99 Å². The maximum atomic E-state index is 9.10. The summed E-state index contributed by atoms with van der Waals surface area (Å²) in [6, 6.07) is 23.9. The van der Waals surface area contributed by atoms with Crippen LogP contribution in [0.15, 0.2) is 71.7 Å². The van der Waals surface area contributed by atoms with E-state index >= 15 is 0 Å². The molecular formula is C23H16N6O. The molecule has 0 fully saturated rings. The zero-order valence-corrected chi connectivity index (χ0v) is 16.0. The predicted octanol–water partition coefficient (Wildman–Crippen LogP) is 4.28. The Hall–Kier alpha value is -4.80. The Balaban J connectivity index is 1.88. The molecule has 3 aromatic rings. The summed E-state index contributed by atoms with van der Waals surface area (Å²) >= 11 is 0. The van der Waals surface area contributed by atoms with Crippen LogP contribution in [0.1, 0.15) is 11.1 Å². The standard InChI is InChI=1S/C23H16N6O/c1-30-22-12-21(10-9-19(22)14-25)29-23(27-15-26)28-20-4-2-3-18(11-20)17-7-5-16(13-24)6-8-17/h2-12H,1H3,(H2,27,28,29). The number of nitrogens with one attached hydrogen (secondary N) is 2. The monoisotopic (exact) mass is 392 g/mol. The molecule has 144 valence electrons. The first-order valence-corrected chi connectivity index (χ1v) is 8.86. The minimum absolute atomic E-state index is 0.223. The maximum absolute atomic E-state index is 9.10. The van der Waals surface area contributed by atoms with Crippen LogP contribution >= 0.6 is 0 Å². The molecule has 7 heteroatoms. The Labute approximate surface area is 174 Å². The molecule has 0 saturated heterocycles. The first-order chi connectivity index (χ1) is 14.7. The summed E-state index contributed by atoms with van der Waals surface area (Å²) in [5, 5.41) is 32.7. The highest BCUT2D eigenvalue weighted by Gasteiger charge is 2.06. The number of hydrogen-bond acceptors (Lipinski definition) is 5. The van der Waals surface area contributed by atoms with Gasteiger partial charge in [0.25, 0.3) is 0 Å². The number of guanidine groups is 1. The topological polar surface area (TPSA) is 117 Å². The second-order valence-electron chi connectivity index (χ2n) is 6.09. The smallest absolute Gasteiger partial charge is 0.214 e. The minimum Gasteiger partial charge on any atom is -0.495 e. The zero-order chi connectivity index (χ0) is 21.3. The van der Waals surface area contributed by atoms with Crippen molar-refractivity contribution in [3.8, 4) is 35.2 Å². The fourth-order valence-corrected chi connectivity index (χ4v) is 2.76. The van der Waals surface area contributed by atoms with E-state index in [2.05, 4.69) is 21.7 Å². The van der Waals surface area contributed by atoms with E-state index in [-0.39, 0.29) is 5.96 Å². The van der Waals surface area contributed by atoms with Crippen LogP contribution in [0, 0.1) is 34.1 Å². The SMILES string of the molecule is COc1cc(N=C(NC#N)Nc2cccc(-c3ccc(C#N)cc3)c2)ccc1C#N. The molecule has 0 aromatic heterocycles. The van der Waals surface area contributed by atoms with Crippen molar-refractivity contribution in [3.05, 3.63) is 77.9 Å². The molecule has 0 saturated carbocycles. The number of ether oxygens (including phenoxy) is 1. The minimum atomic E-state index is 0.223. The number of aliphatic imine (C=N–C) groups is 1. The van der Waals surface area contributed by atoms with Gasteiger partial charge in [-0.2, -0.15) is 15.8 Å². The van der Waals surface area contributed by atoms with Gasteiger partial charge in [-0.1, -0.05) is 24.3 Å². The van der Waals surface area contributed by atoms with E-state index in [0.717, 1.165) is 16.8 Å². The molecule has 2 N–H and O–H groups in total. The van der Waals surface area contributed by atoms with Crippen LogP contribution in [0.25, 0.3) is 11.1 Å². The average molecular weight is 392 g/mol. The Kier molecular flexibility index (Phi) is 6.26. The summed E-state index contributed by atoms with van der Waals surface area (Å²) in [4.78, 5) is 4.40. The van der Waals surface area contributed by atoms with Crippen molar-refractivity contribution in [1.82, 2.24) is 5.32 Å². The molecule has 0 amide bonds. The van der Waals surface area contributed by atoms with Gasteiger partial charge in [0.1, 0.15) is 11.8 Å². The Morgan fingerprint density at radius 1 is 0.900 bits per heavy atom. The van der Waals surface area contributed by atoms with Gasteiger partial charge < -0.3 is 10.1 Å². The van der Waals surface area contributed by atoms with E-state index in [4.69, 9.17) is 20.5 Å². The number of nitrogens with zero attached hydrogens (tertiary/aromatic N) is 4. The van der Waals surface area contributed by atoms with E-state index in [0.29, 0.717) is 22.6 Å². The lowest BCUT2D eigenvalue weighted by Crippen LogP contribution is -2.26. The Bertz CT molecular complexity index is 1210. The number of benzene rings is 3. The highest BCUT2D eigenvalue weighted by molar-refractivity contribution is 5.96. The molecule has 0 aliphatic rings. The third-order valence-electron chi connectivity index (χ3n) is 4.19. The second kappa shape index (κ2) is 9.41. The lowest BCUT2D eigenvalue weighted by Gasteiger charge is -2.10. The summed E-state index contributed by atoms with van der Waals surface area (Å²) in [6.45, 7) is 0. The maximum Gasteiger partial charge on any atom is 0.214 e. The molecule has 0 bridgehead atoms. The van der Waals surface area contributed by atoms with Crippen molar-refractivity contribution < 1.29 is 4.74 Å². The first-order valence-electron chi connectivity index (χ1n) is 8.86. The van der Waals surface area contributed by atoms with Crippen LogP contribution in [0.2, 0.25) is 0 Å². The first kappa shape index (κ1) is 19.9. The Morgan fingerprint density at radius 2 is 1.70 bits per heavy atom. The highest BCUT2D eigenvalue weighted by atomic mass is 16.5. The van der Waals surface area contributed by atoms with Crippen LogP contribution in [0.5, 0.6) is 5.75 Å². The summed E-state index contributed by atoms with van der Waals surface area (Å²) < 4.78 is 5.20. The summed E-state index contributed by atoms with van der Waals surface area (Å²) in [6.07, 6.45) is 1.86. The number of anilines is 1. The van der Waals surface area contributed by atoms with Gasteiger partial charge in [-0.15, -0.1) is 0 Å². The van der Waals surface area contributed by atoms with Crippen LogP contribution in [0.3, 0.4) is 0 Å². The normalized spacial score (nSPS) is 10.3. The fourth-order valence-electron chi connectivity index (χ4n) is 2.76. The van der Waals surface area contributed by atoms with Gasteiger partial charge >= 0.3 is 0 Å². The zero-order valence-electron chi connectivity index (χ0n) is 16.0. The van der Waals surface area contributed by atoms with Crippen molar-refractivity contribution in [2.75, 3.05) is 12.4 Å². The molecule has 0 radical (unpaired) electrons. The number of nitriles is 3. The molecule has 0 atom stereocenters. The van der Waals surface area contributed by atoms with Gasteiger partial charge in [0.2, 0.25) is 5.96 Å². The van der Waals surface area contributed by atoms with E-state index in [1.807, 2.05) is 48.7 Å². The predicted molar refractivity (Wildman–Crippen MR) is 114 cm³/mol. The van der Waals surface area contributed by atoms with Gasteiger partial charge in [-0.05, 0) is 47.5 Å². The van der Waals surface area contributed by atoms with Crippen molar-refractivity contribution in [1.29, 1.82) is 15.8 Å². The van der Waals surface area contributed by atoms with Crippen LogP contribution < -0.4 is 15.4 Å². The molecule has 3 rings (SSSR count). The van der Waals surface area contributed by atoms with Crippen LogP contribution in [0.4, 0.5) is 11.4 Å². The van der Waals surface area contributed by atoms with Crippen LogP contribution in [-0.4, -0.2) is 13.1 Å². The molecule has 7 nitrogen and oxygen atoms in total. The van der Waals surface area contributed by atoms with E-state index < -0.39 is 0 Å². The van der Waals surface area contributed by atoms with Gasteiger partial charge in [0.15, 0.2) is 6.19 Å². The van der Waals surface area contributed by atoms with Gasteiger partial charge in [0.05, 0.1) is 30.0 Å². The summed E-state index contributed by atoms with van der Waals surface area (Å²) in [7, 11) is 1.48. The molecule has 0 unspecified atom stereocenters. The van der Waals surface area contributed by atoms with Crippen LogP contribution in [-0.2, 0) is 0 Å². The molecule has 0 aliphatic carbocycles. The van der Waals surface area contributed by atoms with E-state index in [9.17, 15) is 0 Å². The molecule has 0 spiro atoms. The number of methoxy groups -OCH3 is 1. The van der Waals surface area contributed by atoms with E-state index in [1.165, 1.54) is 7.11 Å². The second-order valence-corrected chi connectivity index (χ2v) is 6.09. The third-order valence-corrected chi connectivity index (χ3v) is 4.19. The highest BCUT2D eigenvalue weighted by Crippen LogP contribution is 2.25. The van der Waals surface area contributed by atoms with E-state index in [1.54, 1.807) is 30.3 Å².